The van der Waals surface area contributed by atoms with Gasteiger partial charge in [0, 0.05) is 0 Å². The molecule has 2 heteroatoms. The summed E-state index contributed by atoms with van der Waals surface area (Å²) >= 11 is 0. The first kappa shape index (κ1) is 8.81. The summed E-state index contributed by atoms with van der Waals surface area (Å²) < 4.78 is 0. The molecule has 0 unspecified atom stereocenters. The maximum Gasteiger partial charge on any atom is 0.115 e. The third-order valence-corrected chi connectivity index (χ3v) is 1.54. The lowest BCUT2D eigenvalue weighted by atomic mass is 10.2. The van der Waals surface area contributed by atoms with Crippen LogP contribution >= 0.6 is 0 Å². The van der Waals surface area contributed by atoms with Crippen LogP contribution in [0.4, 0.5) is 0 Å². The van der Waals surface area contributed by atoms with E-state index < -0.39 is 0 Å². The van der Waals surface area contributed by atoms with Gasteiger partial charge in [0.1, 0.15) is 5.75 Å². The summed E-state index contributed by atoms with van der Waals surface area (Å²) in [6.45, 7) is 0.675. The summed E-state index contributed by atoms with van der Waals surface area (Å²) in [6, 6.07) is 7.06. The molecule has 0 bridgehead atoms. The summed E-state index contributed by atoms with van der Waals surface area (Å²) in [5.41, 5.74) is 6.41. The van der Waals surface area contributed by atoms with Crippen molar-refractivity contribution >= 4 is 6.08 Å². The van der Waals surface area contributed by atoms with Crippen LogP contribution in [0, 0.1) is 0 Å². The second kappa shape index (κ2) is 4.57. The van der Waals surface area contributed by atoms with Crippen LogP contribution in [0.1, 0.15) is 12.0 Å². The molecule has 64 valence electrons. The Morgan fingerprint density at radius 2 is 1.92 bits per heavy atom. The molecule has 0 aliphatic rings. The third kappa shape index (κ3) is 2.76. The topological polar surface area (TPSA) is 46.2 Å². The van der Waals surface area contributed by atoms with Crippen molar-refractivity contribution in [1.29, 1.82) is 0 Å². The van der Waals surface area contributed by atoms with Crippen LogP contribution in [0.5, 0.6) is 5.75 Å². The van der Waals surface area contributed by atoms with Crippen LogP contribution in [-0.4, -0.2) is 11.7 Å². The lowest BCUT2D eigenvalue weighted by Crippen LogP contribution is -1.94. The van der Waals surface area contributed by atoms with Crippen LogP contribution in [0.3, 0.4) is 0 Å². The van der Waals surface area contributed by atoms with Crippen molar-refractivity contribution in [3.05, 3.63) is 35.9 Å². The predicted molar refractivity (Wildman–Crippen MR) is 50.8 cm³/mol. The van der Waals surface area contributed by atoms with Crippen LogP contribution in [0.2, 0.25) is 0 Å². The van der Waals surface area contributed by atoms with Gasteiger partial charge in [0.05, 0.1) is 0 Å². The van der Waals surface area contributed by atoms with Crippen molar-refractivity contribution in [3.63, 3.8) is 0 Å². The van der Waals surface area contributed by atoms with Crippen LogP contribution in [0.25, 0.3) is 6.08 Å². The highest BCUT2D eigenvalue weighted by molar-refractivity contribution is 5.50. The molecule has 0 amide bonds. The smallest absolute Gasteiger partial charge is 0.115 e. The van der Waals surface area contributed by atoms with Crippen molar-refractivity contribution in [2.24, 2.45) is 5.73 Å². The van der Waals surface area contributed by atoms with Crippen molar-refractivity contribution in [1.82, 2.24) is 0 Å². The number of phenols is 1. The van der Waals surface area contributed by atoms with Gasteiger partial charge >= 0.3 is 0 Å². The molecular weight excluding hydrogens is 150 g/mol. The van der Waals surface area contributed by atoms with Gasteiger partial charge in [-0.05, 0) is 30.7 Å². The van der Waals surface area contributed by atoms with Crippen molar-refractivity contribution in [2.75, 3.05) is 6.54 Å². The highest BCUT2D eigenvalue weighted by Gasteiger charge is 1.86. The van der Waals surface area contributed by atoms with Crippen LogP contribution in [0.15, 0.2) is 30.3 Å². The molecule has 1 aromatic carbocycles. The molecule has 0 heterocycles. The van der Waals surface area contributed by atoms with E-state index in [1.54, 1.807) is 12.1 Å². The minimum absolute atomic E-state index is 0.297. The molecule has 1 rings (SSSR count). The maximum absolute atomic E-state index is 8.98. The average Bonchev–Trinajstić information content (AvgIpc) is 2.09. The molecule has 0 fully saturated rings. The van der Waals surface area contributed by atoms with E-state index in [9.17, 15) is 0 Å². The number of aromatic hydroxyl groups is 1. The number of hydrogen-bond acceptors (Lipinski definition) is 2. The minimum atomic E-state index is 0.297. The molecule has 1 aromatic rings. The number of rotatable bonds is 3. The number of nitrogens with two attached hydrogens (primary N) is 1. The molecule has 0 aliphatic heterocycles. The van der Waals surface area contributed by atoms with Crippen molar-refractivity contribution in [2.45, 2.75) is 6.42 Å². The Hall–Kier alpha value is -1.28. The monoisotopic (exact) mass is 163 g/mol. The SMILES string of the molecule is NCCC=Cc1ccc(O)cc1. The Kier molecular flexibility index (Phi) is 3.35. The lowest BCUT2D eigenvalue weighted by molar-refractivity contribution is 0.475. The van der Waals surface area contributed by atoms with Crippen molar-refractivity contribution < 1.29 is 5.11 Å². The predicted octanol–water partition coefficient (Wildman–Crippen LogP) is 1.75. The summed E-state index contributed by atoms with van der Waals surface area (Å²) in [5.74, 6) is 0.297. The molecule has 0 atom stereocenters. The first-order chi connectivity index (χ1) is 5.83. The molecule has 0 saturated heterocycles. The molecule has 0 saturated carbocycles. The Balaban J connectivity index is 2.58. The largest absolute Gasteiger partial charge is 0.508 e. The fourth-order valence-electron chi connectivity index (χ4n) is 0.901. The summed E-state index contributed by atoms with van der Waals surface area (Å²) in [7, 11) is 0. The van der Waals surface area contributed by atoms with E-state index >= 15 is 0 Å². The zero-order valence-electron chi connectivity index (χ0n) is 6.90. The maximum atomic E-state index is 8.98. The van der Waals surface area contributed by atoms with E-state index in [0.717, 1.165) is 12.0 Å². The first-order valence-corrected chi connectivity index (χ1v) is 3.98. The Bertz CT molecular complexity index is 251. The standard InChI is InChI=1S/C10H13NO/c11-8-2-1-3-9-4-6-10(12)7-5-9/h1,3-7,12H,2,8,11H2. The van der Waals surface area contributed by atoms with Crippen LogP contribution < -0.4 is 5.73 Å². The van der Waals surface area contributed by atoms with Gasteiger partial charge in [-0.15, -0.1) is 0 Å². The molecule has 2 nitrogen and oxygen atoms in total. The van der Waals surface area contributed by atoms with E-state index in [1.807, 2.05) is 24.3 Å². The van der Waals surface area contributed by atoms with Gasteiger partial charge < -0.3 is 10.8 Å². The zero-order chi connectivity index (χ0) is 8.81. The van der Waals surface area contributed by atoms with E-state index in [4.69, 9.17) is 10.8 Å². The van der Waals surface area contributed by atoms with Gasteiger partial charge in [-0.25, -0.2) is 0 Å². The first-order valence-electron chi connectivity index (χ1n) is 3.98. The molecule has 0 aliphatic carbocycles. The van der Waals surface area contributed by atoms with Crippen molar-refractivity contribution in [3.8, 4) is 5.75 Å². The molecule has 0 spiro atoms. The lowest BCUT2D eigenvalue weighted by Gasteiger charge is -1.93. The van der Waals surface area contributed by atoms with Gasteiger partial charge in [0.2, 0.25) is 0 Å². The summed E-state index contributed by atoms with van der Waals surface area (Å²) in [4.78, 5) is 0. The summed E-state index contributed by atoms with van der Waals surface area (Å²) in [6.07, 6.45) is 4.90. The Labute approximate surface area is 72.3 Å². The number of hydrogen-bond donors (Lipinski definition) is 2. The molecule has 3 N–H and O–H groups in total. The van der Waals surface area contributed by atoms with Gasteiger partial charge in [-0.3, -0.25) is 0 Å². The third-order valence-electron chi connectivity index (χ3n) is 1.54. The zero-order valence-corrected chi connectivity index (χ0v) is 6.90. The second-order valence-corrected chi connectivity index (χ2v) is 2.57. The molecule has 0 radical (unpaired) electrons. The van der Waals surface area contributed by atoms with Gasteiger partial charge in [0.25, 0.3) is 0 Å². The van der Waals surface area contributed by atoms with Gasteiger partial charge in [0.15, 0.2) is 0 Å². The fourth-order valence-corrected chi connectivity index (χ4v) is 0.901. The Morgan fingerprint density at radius 3 is 2.50 bits per heavy atom. The summed E-state index contributed by atoms with van der Waals surface area (Å²) in [5, 5.41) is 8.98. The highest BCUT2D eigenvalue weighted by Crippen LogP contribution is 2.10. The second-order valence-electron chi connectivity index (χ2n) is 2.57. The average molecular weight is 163 g/mol. The van der Waals surface area contributed by atoms with E-state index in [0.29, 0.717) is 12.3 Å². The fraction of sp³-hybridized carbons (Fsp3) is 0.200. The highest BCUT2D eigenvalue weighted by atomic mass is 16.3. The normalized spacial score (nSPS) is 10.8. The number of benzene rings is 1. The Morgan fingerprint density at radius 1 is 1.25 bits per heavy atom. The molecule has 0 aromatic heterocycles. The molecule has 12 heavy (non-hydrogen) atoms. The minimum Gasteiger partial charge on any atom is -0.508 e. The quantitative estimate of drug-likeness (QED) is 0.713. The van der Waals surface area contributed by atoms with Gasteiger partial charge in [-0.1, -0.05) is 24.3 Å². The number of phenolic OH excluding ortho intramolecular Hbond substituents is 1. The van der Waals surface area contributed by atoms with E-state index in [1.165, 1.54) is 0 Å². The van der Waals surface area contributed by atoms with E-state index in [2.05, 4.69) is 0 Å². The molecular formula is C10H13NO. The van der Waals surface area contributed by atoms with E-state index in [-0.39, 0.29) is 0 Å². The van der Waals surface area contributed by atoms with Gasteiger partial charge in [-0.2, -0.15) is 0 Å². The van der Waals surface area contributed by atoms with Crippen LogP contribution in [-0.2, 0) is 0 Å².